The van der Waals surface area contributed by atoms with E-state index in [9.17, 15) is 0 Å². The molecule has 1 aromatic carbocycles. The van der Waals surface area contributed by atoms with E-state index in [0.29, 0.717) is 0 Å². The van der Waals surface area contributed by atoms with E-state index in [2.05, 4.69) is 66.7 Å². The largest absolute Gasteiger partial charge is 0.0653 e. The fourth-order valence-corrected chi connectivity index (χ4v) is 6.54. The van der Waals surface area contributed by atoms with Crippen molar-refractivity contribution in [1.29, 1.82) is 0 Å². The van der Waals surface area contributed by atoms with Crippen LogP contribution in [0.1, 0.15) is 103 Å². The summed E-state index contributed by atoms with van der Waals surface area (Å²) in [6.45, 7) is 16.7. The molecule has 0 bridgehead atoms. The Kier molecular flexibility index (Phi) is 4.76. The Morgan fingerprint density at radius 3 is 2.00 bits per heavy atom. The molecule has 0 radical (unpaired) electrons. The van der Waals surface area contributed by atoms with Gasteiger partial charge >= 0.3 is 0 Å². The van der Waals surface area contributed by atoms with Crippen molar-refractivity contribution in [2.75, 3.05) is 0 Å². The summed E-state index contributed by atoms with van der Waals surface area (Å²) in [7, 11) is 0. The topological polar surface area (TPSA) is 0 Å². The van der Waals surface area contributed by atoms with E-state index >= 15 is 0 Å². The number of fused-ring (bicyclic) bond motifs is 2. The van der Waals surface area contributed by atoms with Crippen LogP contribution < -0.4 is 0 Å². The fourth-order valence-electron chi connectivity index (χ4n) is 6.54. The highest BCUT2D eigenvalue weighted by molar-refractivity contribution is 5.71. The molecule has 0 N–H and O–H groups in total. The second kappa shape index (κ2) is 6.75. The summed E-state index contributed by atoms with van der Waals surface area (Å²) in [6.07, 6.45) is 11.5. The number of benzene rings is 1. The molecule has 0 aromatic heterocycles. The van der Waals surface area contributed by atoms with Gasteiger partial charge in [0.25, 0.3) is 0 Å². The Labute approximate surface area is 172 Å². The molecule has 150 valence electrons. The van der Waals surface area contributed by atoms with Crippen LogP contribution in [0.25, 0.3) is 6.08 Å². The van der Waals surface area contributed by atoms with E-state index in [1.807, 2.05) is 0 Å². The lowest BCUT2D eigenvalue weighted by Gasteiger charge is -2.42. The van der Waals surface area contributed by atoms with Crippen LogP contribution >= 0.6 is 0 Å². The minimum Gasteiger partial charge on any atom is -0.0653 e. The number of aryl methyl sites for hydroxylation is 2. The Balaban J connectivity index is 1.86. The molecule has 1 atom stereocenters. The van der Waals surface area contributed by atoms with E-state index in [1.165, 1.54) is 61.7 Å². The molecule has 0 amide bonds. The van der Waals surface area contributed by atoms with Crippen molar-refractivity contribution in [3.05, 3.63) is 62.3 Å². The van der Waals surface area contributed by atoms with Gasteiger partial charge in [0.05, 0.1) is 0 Å². The molecule has 0 saturated heterocycles. The number of allylic oxidation sites excluding steroid dienone is 5. The van der Waals surface area contributed by atoms with Crippen LogP contribution in [0.4, 0.5) is 0 Å². The first-order valence-corrected chi connectivity index (χ1v) is 11.5. The fraction of sp³-hybridized carbons (Fsp3) is 0.571. The maximum absolute atomic E-state index is 2.63. The van der Waals surface area contributed by atoms with Gasteiger partial charge in [-0.2, -0.15) is 0 Å². The molecule has 0 nitrogen and oxygen atoms in total. The van der Waals surface area contributed by atoms with Crippen molar-refractivity contribution in [3.63, 3.8) is 0 Å². The van der Waals surface area contributed by atoms with E-state index in [1.54, 1.807) is 33.4 Å². The molecule has 1 unspecified atom stereocenters. The molecule has 0 heteroatoms. The zero-order valence-electron chi connectivity index (χ0n) is 19.2. The first-order chi connectivity index (χ1) is 13.2. The van der Waals surface area contributed by atoms with Gasteiger partial charge in [-0.15, -0.1) is 0 Å². The molecule has 0 aliphatic heterocycles. The van der Waals surface area contributed by atoms with E-state index in [4.69, 9.17) is 0 Å². The van der Waals surface area contributed by atoms with Gasteiger partial charge in [-0.1, -0.05) is 55.2 Å². The molecule has 0 fully saturated rings. The number of hydrogen-bond acceptors (Lipinski definition) is 0. The molecule has 28 heavy (non-hydrogen) atoms. The van der Waals surface area contributed by atoms with E-state index < -0.39 is 0 Å². The maximum Gasteiger partial charge on any atom is 0.0179 e. The zero-order chi connectivity index (χ0) is 20.3. The van der Waals surface area contributed by atoms with Crippen LogP contribution in [0.3, 0.4) is 0 Å². The average Bonchev–Trinajstić information content (AvgIpc) is 3.01. The highest BCUT2D eigenvalue weighted by Crippen LogP contribution is 2.58. The molecule has 0 saturated carbocycles. The molecule has 4 rings (SSSR count). The van der Waals surface area contributed by atoms with Crippen molar-refractivity contribution >= 4 is 6.08 Å². The lowest BCUT2D eigenvalue weighted by atomic mass is 9.61. The second-order valence-electron chi connectivity index (χ2n) is 10.1. The minimum absolute atomic E-state index is 0.177. The maximum atomic E-state index is 2.63. The first-order valence-electron chi connectivity index (χ1n) is 11.5. The van der Waals surface area contributed by atoms with Crippen LogP contribution in [0.2, 0.25) is 0 Å². The summed E-state index contributed by atoms with van der Waals surface area (Å²) >= 11 is 0. The van der Waals surface area contributed by atoms with Crippen molar-refractivity contribution < 1.29 is 0 Å². The number of hydrogen-bond donors (Lipinski definition) is 0. The third kappa shape index (κ3) is 2.63. The summed E-state index contributed by atoms with van der Waals surface area (Å²) < 4.78 is 0. The van der Waals surface area contributed by atoms with Gasteiger partial charge in [0.2, 0.25) is 0 Å². The van der Waals surface area contributed by atoms with Crippen LogP contribution in [-0.4, -0.2) is 0 Å². The third-order valence-electron chi connectivity index (χ3n) is 8.83. The summed E-state index contributed by atoms with van der Waals surface area (Å²) in [4.78, 5) is 0. The monoisotopic (exact) mass is 374 g/mol. The van der Waals surface area contributed by atoms with Crippen LogP contribution in [0.5, 0.6) is 0 Å². The third-order valence-corrected chi connectivity index (χ3v) is 8.83. The van der Waals surface area contributed by atoms with Crippen molar-refractivity contribution in [2.45, 2.75) is 98.8 Å². The van der Waals surface area contributed by atoms with Gasteiger partial charge in [0.15, 0.2) is 0 Å². The molecular weight excluding hydrogens is 336 g/mol. The Morgan fingerprint density at radius 2 is 1.43 bits per heavy atom. The lowest BCUT2D eigenvalue weighted by Crippen LogP contribution is -2.34. The van der Waals surface area contributed by atoms with Crippen molar-refractivity contribution in [1.82, 2.24) is 0 Å². The average molecular weight is 375 g/mol. The Hall–Kier alpha value is -1.56. The van der Waals surface area contributed by atoms with E-state index in [0.717, 1.165) is 0 Å². The molecular formula is C28H38. The van der Waals surface area contributed by atoms with Gasteiger partial charge in [-0.3, -0.25) is 0 Å². The molecule has 0 heterocycles. The standard InChI is InChI=1S/C28H38/c1-8-13-28(17-27(7)21(5)19(3)20(4)22(27)6)18(2)14-25-15-23-11-9-10-12-24(23)16-26(25)28/h14-16H,8-13,17H2,1-7H3. The van der Waals surface area contributed by atoms with Gasteiger partial charge < -0.3 is 0 Å². The molecule has 3 aliphatic carbocycles. The van der Waals surface area contributed by atoms with Gasteiger partial charge in [-0.25, -0.2) is 0 Å². The summed E-state index contributed by atoms with van der Waals surface area (Å²) in [5, 5.41) is 0. The lowest BCUT2D eigenvalue weighted by molar-refractivity contribution is 0.308. The highest BCUT2D eigenvalue weighted by atomic mass is 14.5. The van der Waals surface area contributed by atoms with Crippen LogP contribution in [0, 0.1) is 5.41 Å². The van der Waals surface area contributed by atoms with Crippen LogP contribution in [0.15, 0.2) is 40.0 Å². The van der Waals surface area contributed by atoms with E-state index in [-0.39, 0.29) is 10.8 Å². The van der Waals surface area contributed by atoms with Crippen molar-refractivity contribution in [2.24, 2.45) is 5.41 Å². The van der Waals surface area contributed by atoms with Crippen molar-refractivity contribution in [3.8, 4) is 0 Å². The molecule has 3 aliphatic rings. The summed E-state index contributed by atoms with van der Waals surface area (Å²) in [6, 6.07) is 5.17. The normalized spacial score (nSPS) is 25.9. The molecule has 0 spiro atoms. The second-order valence-corrected chi connectivity index (χ2v) is 10.1. The quantitative estimate of drug-likeness (QED) is 0.499. The first kappa shape index (κ1) is 19.7. The SMILES string of the molecule is CCCC1(CC2(C)C(C)=C(C)C(C)=C2C)C(C)=Cc2cc3c(cc21)CCCC3. The predicted molar refractivity (Wildman–Crippen MR) is 123 cm³/mol. The van der Waals surface area contributed by atoms with Crippen LogP contribution in [-0.2, 0) is 18.3 Å². The van der Waals surface area contributed by atoms with Gasteiger partial charge in [0, 0.05) is 10.8 Å². The van der Waals surface area contributed by atoms with Gasteiger partial charge in [-0.05, 0) is 107 Å². The Bertz CT molecular complexity index is 894. The Morgan fingerprint density at radius 1 is 0.857 bits per heavy atom. The zero-order valence-corrected chi connectivity index (χ0v) is 19.2. The summed E-state index contributed by atoms with van der Waals surface area (Å²) in [5.41, 5.74) is 14.6. The smallest absolute Gasteiger partial charge is 0.0179 e. The number of rotatable bonds is 4. The highest BCUT2D eigenvalue weighted by Gasteiger charge is 2.47. The predicted octanol–water partition coefficient (Wildman–Crippen LogP) is 8.10. The van der Waals surface area contributed by atoms with Gasteiger partial charge in [0.1, 0.15) is 0 Å². The minimum atomic E-state index is 0.177. The summed E-state index contributed by atoms with van der Waals surface area (Å²) in [5.74, 6) is 0. The molecule has 1 aromatic rings.